The lowest BCUT2D eigenvalue weighted by molar-refractivity contribution is 0.602. The molecular weight excluding hydrogens is 240 g/mol. The van der Waals surface area contributed by atoms with E-state index in [2.05, 4.69) is 33.5 Å². The van der Waals surface area contributed by atoms with Crippen molar-refractivity contribution in [2.45, 2.75) is 13.5 Å². The molecule has 0 aliphatic heterocycles. The topological polar surface area (TPSA) is 82.5 Å². The van der Waals surface area contributed by atoms with Crippen LogP contribution in [-0.4, -0.2) is 31.7 Å². The highest BCUT2D eigenvalue weighted by atomic mass is 15.5. The first-order chi connectivity index (χ1) is 9.29. The van der Waals surface area contributed by atoms with Gasteiger partial charge in [0.1, 0.15) is 5.69 Å². The van der Waals surface area contributed by atoms with Gasteiger partial charge < -0.3 is 5.73 Å². The van der Waals surface area contributed by atoms with Crippen LogP contribution in [0.5, 0.6) is 0 Å². The predicted molar refractivity (Wildman–Crippen MR) is 72.3 cm³/mol. The van der Waals surface area contributed by atoms with E-state index in [4.69, 9.17) is 5.73 Å². The third kappa shape index (κ3) is 2.06. The summed E-state index contributed by atoms with van der Waals surface area (Å²) in [5.41, 5.74) is 8.42. The average Bonchev–Trinajstić information content (AvgIpc) is 2.87. The minimum Gasteiger partial charge on any atom is -0.329 e. The standard InChI is InChI=1S/C13H14N6/c1-9-8-12(13-16-17-18-19(13)7-6-14)15-11-5-3-2-4-10(9)11/h2-5,8H,6-7,14H2,1H3. The molecule has 6 nitrogen and oxygen atoms in total. The van der Waals surface area contributed by atoms with Crippen molar-refractivity contribution < 1.29 is 0 Å². The second kappa shape index (κ2) is 4.74. The number of aryl methyl sites for hydroxylation is 1. The van der Waals surface area contributed by atoms with Crippen molar-refractivity contribution in [3.8, 4) is 11.5 Å². The zero-order valence-corrected chi connectivity index (χ0v) is 10.6. The van der Waals surface area contributed by atoms with Crippen molar-refractivity contribution in [2.75, 3.05) is 6.54 Å². The summed E-state index contributed by atoms with van der Waals surface area (Å²) in [6.45, 7) is 3.13. The molecule has 0 saturated heterocycles. The van der Waals surface area contributed by atoms with Crippen LogP contribution in [0.4, 0.5) is 0 Å². The number of aromatic nitrogens is 5. The largest absolute Gasteiger partial charge is 0.329 e. The maximum Gasteiger partial charge on any atom is 0.200 e. The number of fused-ring (bicyclic) bond motifs is 1. The fourth-order valence-corrected chi connectivity index (χ4v) is 2.13. The van der Waals surface area contributed by atoms with Crippen LogP contribution in [0.15, 0.2) is 30.3 Å². The lowest BCUT2D eigenvalue weighted by atomic mass is 10.1. The summed E-state index contributed by atoms with van der Waals surface area (Å²) >= 11 is 0. The van der Waals surface area contributed by atoms with E-state index in [-0.39, 0.29) is 0 Å². The van der Waals surface area contributed by atoms with Crippen LogP contribution in [-0.2, 0) is 6.54 Å². The second-order valence-corrected chi connectivity index (χ2v) is 4.36. The van der Waals surface area contributed by atoms with Gasteiger partial charge in [0.15, 0.2) is 0 Å². The predicted octanol–water partition coefficient (Wildman–Crippen LogP) is 1.16. The van der Waals surface area contributed by atoms with Crippen LogP contribution in [0.25, 0.3) is 22.4 Å². The molecule has 0 spiro atoms. The van der Waals surface area contributed by atoms with Gasteiger partial charge in [0.25, 0.3) is 0 Å². The molecule has 0 radical (unpaired) electrons. The number of para-hydroxylation sites is 1. The van der Waals surface area contributed by atoms with Crippen LogP contribution in [0.2, 0.25) is 0 Å². The van der Waals surface area contributed by atoms with Crippen LogP contribution in [0.3, 0.4) is 0 Å². The zero-order chi connectivity index (χ0) is 13.2. The minimum absolute atomic E-state index is 0.491. The Balaban J connectivity index is 2.17. The summed E-state index contributed by atoms with van der Waals surface area (Å²) in [4.78, 5) is 4.62. The van der Waals surface area contributed by atoms with E-state index in [1.54, 1.807) is 4.68 Å². The summed E-state index contributed by atoms with van der Waals surface area (Å²) in [5, 5.41) is 12.8. The Morgan fingerprint density at radius 2 is 2.11 bits per heavy atom. The molecule has 2 heterocycles. The van der Waals surface area contributed by atoms with Crippen molar-refractivity contribution in [3.63, 3.8) is 0 Å². The number of nitrogens with two attached hydrogens (primary N) is 1. The first-order valence-electron chi connectivity index (χ1n) is 6.12. The first kappa shape index (κ1) is 11.7. The molecule has 3 rings (SSSR count). The molecule has 0 saturated carbocycles. The summed E-state index contributed by atoms with van der Waals surface area (Å²) in [7, 11) is 0. The summed E-state index contributed by atoms with van der Waals surface area (Å²) in [6, 6.07) is 10.0. The van der Waals surface area contributed by atoms with Gasteiger partial charge in [-0.05, 0) is 35.0 Å². The number of hydrogen-bond acceptors (Lipinski definition) is 5. The van der Waals surface area contributed by atoms with E-state index in [0.717, 1.165) is 22.2 Å². The fourth-order valence-electron chi connectivity index (χ4n) is 2.13. The molecule has 0 unspecified atom stereocenters. The number of rotatable bonds is 3. The molecule has 0 aliphatic rings. The Hall–Kier alpha value is -2.34. The van der Waals surface area contributed by atoms with Gasteiger partial charge in [-0.1, -0.05) is 18.2 Å². The molecule has 0 fully saturated rings. The maximum absolute atomic E-state index is 5.55. The average molecular weight is 254 g/mol. The van der Waals surface area contributed by atoms with Gasteiger partial charge in [-0.25, -0.2) is 9.67 Å². The van der Waals surface area contributed by atoms with Crippen molar-refractivity contribution in [1.82, 2.24) is 25.2 Å². The Bertz CT molecular complexity index is 718. The number of tetrazole rings is 1. The highest BCUT2D eigenvalue weighted by Gasteiger charge is 2.11. The quantitative estimate of drug-likeness (QED) is 0.758. The number of pyridine rings is 1. The third-order valence-corrected chi connectivity index (χ3v) is 3.02. The van der Waals surface area contributed by atoms with E-state index >= 15 is 0 Å². The smallest absolute Gasteiger partial charge is 0.200 e. The van der Waals surface area contributed by atoms with Gasteiger partial charge in [-0.2, -0.15) is 0 Å². The molecule has 6 heteroatoms. The summed E-state index contributed by atoms with van der Waals surface area (Å²) in [5.74, 6) is 0.652. The molecular formula is C13H14N6. The van der Waals surface area contributed by atoms with Crippen LogP contribution >= 0.6 is 0 Å². The molecule has 2 N–H and O–H groups in total. The highest BCUT2D eigenvalue weighted by Crippen LogP contribution is 2.22. The van der Waals surface area contributed by atoms with Crippen molar-refractivity contribution in [2.24, 2.45) is 5.73 Å². The molecule has 19 heavy (non-hydrogen) atoms. The molecule has 0 atom stereocenters. The third-order valence-electron chi connectivity index (χ3n) is 3.02. The van der Waals surface area contributed by atoms with E-state index < -0.39 is 0 Å². The normalized spacial score (nSPS) is 11.1. The van der Waals surface area contributed by atoms with Gasteiger partial charge >= 0.3 is 0 Å². The molecule has 0 bridgehead atoms. The Morgan fingerprint density at radius 3 is 2.95 bits per heavy atom. The number of nitrogens with zero attached hydrogens (tertiary/aromatic N) is 5. The molecule has 1 aromatic carbocycles. The molecule has 3 aromatic rings. The van der Waals surface area contributed by atoms with Gasteiger partial charge in [-0.15, -0.1) is 5.10 Å². The zero-order valence-electron chi connectivity index (χ0n) is 10.6. The monoisotopic (exact) mass is 254 g/mol. The van der Waals surface area contributed by atoms with E-state index in [1.165, 1.54) is 0 Å². The molecule has 96 valence electrons. The Morgan fingerprint density at radius 1 is 1.26 bits per heavy atom. The van der Waals surface area contributed by atoms with Crippen molar-refractivity contribution in [1.29, 1.82) is 0 Å². The maximum atomic E-state index is 5.55. The second-order valence-electron chi connectivity index (χ2n) is 4.36. The Kier molecular flexibility index (Phi) is 2.92. The van der Waals surface area contributed by atoms with E-state index in [0.29, 0.717) is 18.9 Å². The van der Waals surface area contributed by atoms with Crippen LogP contribution in [0, 0.1) is 6.92 Å². The minimum atomic E-state index is 0.491. The van der Waals surface area contributed by atoms with E-state index in [9.17, 15) is 0 Å². The SMILES string of the molecule is Cc1cc(-c2nnnn2CCN)nc2ccccc12. The van der Waals surface area contributed by atoms with Crippen LogP contribution in [0.1, 0.15) is 5.56 Å². The number of hydrogen-bond donors (Lipinski definition) is 1. The summed E-state index contributed by atoms with van der Waals surface area (Å²) in [6.07, 6.45) is 0. The molecule has 2 aromatic heterocycles. The first-order valence-corrected chi connectivity index (χ1v) is 6.12. The van der Waals surface area contributed by atoms with Crippen LogP contribution < -0.4 is 5.73 Å². The lowest BCUT2D eigenvalue weighted by Gasteiger charge is -2.06. The van der Waals surface area contributed by atoms with Gasteiger partial charge in [-0.3, -0.25) is 0 Å². The van der Waals surface area contributed by atoms with Gasteiger partial charge in [0, 0.05) is 11.9 Å². The lowest BCUT2D eigenvalue weighted by Crippen LogP contribution is -2.12. The van der Waals surface area contributed by atoms with E-state index in [1.807, 2.05) is 24.3 Å². The molecule has 0 amide bonds. The fraction of sp³-hybridized carbons (Fsp3) is 0.231. The highest BCUT2D eigenvalue weighted by molar-refractivity contribution is 5.84. The summed E-state index contributed by atoms with van der Waals surface area (Å²) < 4.78 is 1.68. The van der Waals surface area contributed by atoms with Gasteiger partial charge in [0.05, 0.1) is 12.1 Å². The van der Waals surface area contributed by atoms with Crippen molar-refractivity contribution in [3.05, 3.63) is 35.9 Å². The Labute approximate surface area is 110 Å². The molecule has 0 aliphatic carbocycles. The van der Waals surface area contributed by atoms with Crippen molar-refractivity contribution >= 4 is 10.9 Å². The van der Waals surface area contributed by atoms with Gasteiger partial charge in [0.2, 0.25) is 5.82 Å². The number of benzene rings is 1.